The second-order valence-corrected chi connectivity index (χ2v) is 3.95. The molecule has 17 heavy (non-hydrogen) atoms. The summed E-state index contributed by atoms with van der Waals surface area (Å²) in [5.74, 6) is 6.40. The maximum absolute atomic E-state index is 13.5. The Hall–Kier alpha value is -1.75. The minimum absolute atomic E-state index is 0.262. The highest BCUT2D eigenvalue weighted by atomic mass is 19.1. The Morgan fingerprint density at radius 3 is 2.76 bits per heavy atom. The molecule has 5 heteroatoms. The molecule has 0 bridgehead atoms. The van der Waals surface area contributed by atoms with Crippen LogP contribution in [0.15, 0.2) is 12.1 Å². The summed E-state index contributed by atoms with van der Waals surface area (Å²) in [6.07, 6.45) is 1.68. The number of aryl methyl sites for hydroxylation is 2. The Balaban J connectivity index is 2.73. The molecule has 0 spiro atoms. The fourth-order valence-electron chi connectivity index (χ4n) is 1.80. The van der Waals surface area contributed by atoms with E-state index in [1.165, 1.54) is 6.07 Å². The van der Waals surface area contributed by atoms with E-state index in [4.69, 9.17) is 5.84 Å². The number of anilines is 1. The Kier molecular flexibility index (Phi) is 3.19. The third-order valence-corrected chi connectivity index (χ3v) is 2.71. The zero-order chi connectivity index (χ0) is 12.4. The van der Waals surface area contributed by atoms with Crippen molar-refractivity contribution in [3.63, 3.8) is 0 Å². The number of fused-ring (bicyclic) bond motifs is 1. The van der Waals surface area contributed by atoms with Crippen LogP contribution in [0.5, 0.6) is 0 Å². The largest absolute Gasteiger partial charge is 0.308 e. The molecule has 1 aromatic heterocycles. The number of nitrogen functional groups attached to an aromatic ring is 1. The summed E-state index contributed by atoms with van der Waals surface area (Å²) >= 11 is 0. The molecule has 0 saturated carbocycles. The van der Waals surface area contributed by atoms with Crippen LogP contribution in [0.3, 0.4) is 0 Å². The summed E-state index contributed by atoms with van der Waals surface area (Å²) in [4.78, 5) is 8.70. The fraction of sp³-hybridized carbons (Fsp3) is 0.333. The van der Waals surface area contributed by atoms with Crippen LogP contribution < -0.4 is 11.3 Å². The number of rotatable bonds is 3. The first kappa shape index (κ1) is 11.7. The van der Waals surface area contributed by atoms with E-state index in [0.29, 0.717) is 22.7 Å². The topological polar surface area (TPSA) is 63.8 Å². The SMILES string of the molecule is CCCc1nc(NN)c2ccc(F)c(C)c2n1. The van der Waals surface area contributed by atoms with Gasteiger partial charge in [-0.25, -0.2) is 20.2 Å². The number of aromatic nitrogens is 2. The average Bonchev–Trinajstić information content (AvgIpc) is 2.34. The number of nitrogens with zero attached hydrogens (tertiary/aromatic N) is 2. The van der Waals surface area contributed by atoms with Crippen molar-refractivity contribution in [3.05, 3.63) is 29.3 Å². The number of hydrazine groups is 1. The highest BCUT2D eigenvalue weighted by molar-refractivity contribution is 5.91. The molecule has 0 unspecified atom stereocenters. The van der Waals surface area contributed by atoms with Gasteiger partial charge in [0.1, 0.15) is 11.6 Å². The average molecular weight is 234 g/mol. The van der Waals surface area contributed by atoms with Crippen LogP contribution in [-0.2, 0) is 6.42 Å². The molecule has 0 amide bonds. The van der Waals surface area contributed by atoms with E-state index >= 15 is 0 Å². The van der Waals surface area contributed by atoms with E-state index in [1.54, 1.807) is 13.0 Å². The summed E-state index contributed by atoms with van der Waals surface area (Å²) in [5.41, 5.74) is 3.69. The number of nitrogens with two attached hydrogens (primary N) is 1. The van der Waals surface area contributed by atoms with Gasteiger partial charge < -0.3 is 5.43 Å². The first-order chi connectivity index (χ1) is 8.17. The van der Waals surface area contributed by atoms with E-state index in [0.717, 1.165) is 18.2 Å². The molecule has 2 aromatic rings. The number of nitrogens with one attached hydrogen (secondary N) is 1. The molecule has 0 aliphatic heterocycles. The Morgan fingerprint density at radius 1 is 1.35 bits per heavy atom. The van der Waals surface area contributed by atoms with Gasteiger partial charge in [0, 0.05) is 17.4 Å². The van der Waals surface area contributed by atoms with Crippen molar-refractivity contribution in [3.8, 4) is 0 Å². The first-order valence-electron chi connectivity index (χ1n) is 5.59. The van der Waals surface area contributed by atoms with Crippen molar-refractivity contribution >= 4 is 16.7 Å². The summed E-state index contributed by atoms with van der Waals surface area (Å²) in [6.45, 7) is 3.75. The second kappa shape index (κ2) is 4.63. The molecule has 1 heterocycles. The molecular formula is C12H15FN4. The maximum Gasteiger partial charge on any atom is 0.151 e. The smallest absolute Gasteiger partial charge is 0.151 e. The maximum atomic E-state index is 13.5. The standard InChI is InChI=1S/C12H15FN4/c1-3-4-10-15-11-7(2)9(13)6-5-8(11)12(16-10)17-14/h5-6H,3-4,14H2,1-2H3,(H,15,16,17). The molecule has 0 saturated heterocycles. The van der Waals surface area contributed by atoms with Crippen LogP contribution >= 0.6 is 0 Å². The summed E-state index contributed by atoms with van der Waals surface area (Å²) < 4.78 is 13.5. The van der Waals surface area contributed by atoms with E-state index < -0.39 is 0 Å². The number of benzene rings is 1. The van der Waals surface area contributed by atoms with Gasteiger partial charge in [0.15, 0.2) is 5.82 Å². The summed E-state index contributed by atoms with van der Waals surface area (Å²) in [5, 5.41) is 0.742. The van der Waals surface area contributed by atoms with Crippen LogP contribution in [0.2, 0.25) is 0 Å². The van der Waals surface area contributed by atoms with Crippen molar-refractivity contribution in [2.45, 2.75) is 26.7 Å². The second-order valence-electron chi connectivity index (χ2n) is 3.95. The zero-order valence-corrected chi connectivity index (χ0v) is 9.92. The molecule has 0 radical (unpaired) electrons. The van der Waals surface area contributed by atoms with Crippen molar-refractivity contribution in [2.24, 2.45) is 5.84 Å². The highest BCUT2D eigenvalue weighted by Gasteiger charge is 2.11. The Morgan fingerprint density at radius 2 is 2.12 bits per heavy atom. The lowest BCUT2D eigenvalue weighted by atomic mass is 10.1. The van der Waals surface area contributed by atoms with Gasteiger partial charge in [-0.2, -0.15) is 0 Å². The number of hydrogen-bond donors (Lipinski definition) is 2. The molecule has 2 rings (SSSR count). The Bertz CT molecular complexity index is 554. The molecule has 1 aromatic carbocycles. The molecule has 0 aliphatic rings. The van der Waals surface area contributed by atoms with Crippen LogP contribution in [0.4, 0.5) is 10.2 Å². The quantitative estimate of drug-likeness (QED) is 0.632. The third-order valence-electron chi connectivity index (χ3n) is 2.71. The number of halogens is 1. The minimum Gasteiger partial charge on any atom is -0.308 e. The summed E-state index contributed by atoms with van der Waals surface area (Å²) in [6, 6.07) is 3.05. The van der Waals surface area contributed by atoms with Gasteiger partial charge in [0.25, 0.3) is 0 Å². The van der Waals surface area contributed by atoms with E-state index in [1.807, 2.05) is 6.92 Å². The van der Waals surface area contributed by atoms with Crippen LogP contribution in [0.25, 0.3) is 10.9 Å². The molecule has 3 N–H and O–H groups in total. The molecule has 0 atom stereocenters. The fourth-order valence-corrected chi connectivity index (χ4v) is 1.80. The summed E-state index contributed by atoms with van der Waals surface area (Å²) in [7, 11) is 0. The lowest BCUT2D eigenvalue weighted by molar-refractivity contribution is 0.620. The first-order valence-corrected chi connectivity index (χ1v) is 5.59. The highest BCUT2D eigenvalue weighted by Crippen LogP contribution is 2.24. The predicted octanol–water partition coefficient (Wildman–Crippen LogP) is 2.32. The van der Waals surface area contributed by atoms with E-state index in [-0.39, 0.29) is 5.82 Å². The van der Waals surface area contributed by atoms with Gasteiger partial charge in [0.2, 0.25) is 0 Å². The van der Waals surface area contributed by atoms with Crippen LogP contribution in [0, 0.1) is 12.7 Å². The van der Waals surface area contributed by atoms with Gasteiger partial charge in [-0.15, -0.1) is 0 Å². The molecular weight excluding hydrogens is 219 g/mol. The molecule has 90 valence electrons. The predicted molar refractivity (Wildman–Crippen MR) is 66.0 cm³/mol. The number of hydrogen-bond acceptors (Lipinski definition) is 4. The van der Waals surface area contributed by atoms with Gasteiger partial charge >= 0.3 is 0 Å². The normalized spacial score (nSPS) is 10.8. The Labute approximate surface area is 99.0 Å². The van der Waals surface area contributed by atoms with Crippen molar-refractivity contribution in [1.82, 2.24) is 9.97 Å². The molecule has 0 aliphatic carbocycles. The van der Waals surface area contributed by atoms with Gasteiger partial charge in [-0.1, -0.05) is 6.92 Å². The lowest BCUT2D eigenvalue weighted by Crippen LogP contribution is -2.11. The van der Waals surface area contributed by atoms with E-state index in [9.17, 15) is 4.39 Å². The minimum atomic E-state index is -0.262. The molecule has 0 fully saturated rings. The monoisotopic (exact) mass is 234 g/mol. The third kappa shape index (κ3) is 2.06. The van der Waals surface area contributed by atoms with Gasteiger partial charge in [-0.3, -0.25) is 0 Å². The molecule has 4 nitrogen and oxygen atoms in total. The van der Waals surface area contributed by atoms with Crippen molar-refractivity contribution in [1.29, 1.82) is 0 Å². The van der Waals surface area contributed by atoms with Crippen LogP contribution in [0.1, 0.15) is 24.7 Å². The zero-order valence-electron chi connectivity index (χ0n) is 9.92. The van der Waals surface area contributed by atoms with Crippen molar-refractivity contribution < 1.29 is 4.39 Å². The van der Waals surface area contributed by atoms with Crippen molar-refractivity contribution in [2.75, 3.05) is 5.43 Å². The van der Waals surface area contributed by atoms with E-state index in [2.05, 4.69) is 15.4 Å². The lowest BCUT2D eigenvalue weighted by Gasteiger charge is -2.09. The van der Waals surface area contributed by atoms with Gasteiger partial charge in [0.05, 0.1) is 5.52 Å². The van der Waals surface area contributed by atoms with Crippen LogP contribution in [-0.4, -0.2) is 9.97 Å². The van der Waals surface area contributed by atoms with Gasteiger partial charge in [-0.05, 0) is 25.5 Å².